The highest BCUT2D eigenvalue weighted by molar-refractivity contribution is 7.80. The van der Waals surface area contributed by atoms with E-state index in [1.165, 1.54) is 18.3 Å². The van der Waals surface area contributed by atoms with Gasteiger partial charge < -0.3 is 16.4 Å². The van der Waals surface area contributed by atoms with Crippen LogP contribution in [0.2, 0.25) is 0 Å². The van der Waals surface area contributed by atoms with Crippen LogP contribution in [0.3, 0.4) is 0 Å². The van der Waals surface area contributed by atoms with Crippen LogP contribution in [0.15, 0.2) is 29.6 Å². The number of nitrogens with zero attached hydrogens (tertiary/aromatic N) is 1. The number of amides is 1. The van der Waals surface area contributed by atoms with E-state index in [4.69, 9.17) is 18.0 Å². The van der Waals surface area contributed by atoms with Crippen molar-refractivity contribution >= 4 is 45.4 Å². The van der Waals surface area contributed by atoms with Crippen LogP contribution < -0.4 is 16.4 Å². The van der Waals surface area contributed by atoms with Crippen molar-refractivity contribution in [2.24, 2.45) is 5.73 Å². The second-order valence-corrected chi connectivity index (χ2v) is 5.08. The number of benzene rings is 1. The molecular formula is C12H12N4OS2. The monoisotopic (exact) mass is 292 g/mol. The minimum atomic E-state index is -0.0932. The van der Waals surface area contributed by atoms with E-state index in [1.54, 1.807) is 0 Å². The maximum Gasteiger partial charge on any atom is 0.221 e. The molecular weight excluding hydrogens is 280 g/mol. The lowest BCUT2D eigenvalue weighted by Gasteiger charge is -2.02. The van der Waals surface area contributed by atoms with Crippen molar-refractivity contribution in [1.29, 1.82) is 0 Å². The molecule has 2 rings (SSSR count). The summed E-state index contributed by atoms with van der Waals surface area (Å²) in [7, 11) is 0. The van der Waals surface area contributed by atoms with E-state index in [0.29, 0.717) is 5.13 Å². The van der Waals surface area contributed by atoms with Gasteiger partial charge in [-0.1, -0.05) is 12.1 Å². The molecule has 4 N–H and O–H groups in total. The molecule has 0 aliphatic carbocycles. The number of nitrogens with one attached hydrogen (secondary N) is 2. The predicted molar refractivity (Wildman–Crippen MR) is 82.3 cm³/mol. The zero-order chi connectivity index (χ0) is 13.8. The van der Waals surface area contributed by atoms with Gasteiger partial charge in [0.05, 0.1) is 5.69 Å². The molecule has 0 saturated carbocycles. The van der Waals surface area contributed by atoms with Crippen LogP contribution in [0.1, 0.15) is 6.92 Å². The largest absolute Gasteiger partial charge is 0.376 e. The van der Waals surface area contributed by atoms with Crippen LogP contribution in [0.4, 0.5) is 10.8 Å². The minimum Gasteiger partial charge on any atom is -0.376 e. The van der Waals surface area contributed by atoms with E-state index >= 15 is 0 Å². The summed E-state index contributed by atoms with van der Waals surface area (Å²) in [6.07, 6.45) is 0. The van der Waals surface area contributed by atoms with Gasteiger partial charge in [0.1, 0.15) is 0 Å². The highest BCUT2D eigenvalue weighted by atomic mass is 32.1. The van der Waals surface area contributed by atoms with Crippen molar-refractivity contribution in [3.8, 4) is 11.3 Å². The van der Waals surface area contributed by atoms with Gasteiger partial charge in [0.2, 0.25) is 5.91 Å². The third-order valence-electron chi connectivity index (χ3n) is 2.24. The van der Waals surface area contributed by atoms with Gasteiger partial charge in [0.25, 0.3) is 0 Å². The van der Waals surface area contributed by atoms with Crippen LogP contribution in [0, 0.1) is 0 Å². The number of carbonyl (C=O) groups is 1. The maximum atomic E-state index is 10.9. The first-order valence-electron chi connectivity index (χ1n) is 5.44. The molecule has 0 bridgehead atoms. The zero-order valence-corrected chi connectivity index (χ0v) is 11.8. The molecule has 1 aromatic carbocycles. The van der Waals surface area contributed by atoms with Crippen molar-refractivity contribution < 1.29 is 4.79 Å². The number of aromatic nitrogens is 1. The Morgan fingerprint density at radius 2 is 2.00 bits per heavy atom. The molecule has 0 spiro atoms. The lowest BCUT2D eigenvalue weighted by atomic mass is 10.1. The molecule has 0 aliphatic heterocycles. The van der Waals surface area contributed by atoms with Gasteiger partial charge in [-0.3, -0.25) is 4.79 Å². The Bertz CT molecular complexity index is 606. The smallest absolute Gasteiger partial charge is 0.221 e. The Kier molecular flexibility index (Phi) is 4.08. The maximum absolute atomic E-state index is 10.9. The molecule has 2 aromatic rings. The number of anilines is 2. The van der Waals surface area contributed by atoms with Gasteiger partial charge in [0, 0.05) is 23.6 Å². The zero-order valence-electron chi connectivity index (χ0n) is 10.1. The van der Waals surface area contributed by atoms with Crippen molar-refractivity contribution in [3.63, 3.8) is 0 Å². The van der Waals surface area contributed by atoms with E-state index in [9.17, 15) is 4.79 Å². The normalized spacial score (nSPS) is 9.95. The summed E-state index contributed by atoms with van der Waals surface area (Å²) < 4.78 is 0. The van der Waals surface area contributed by atoms with E-state index in [0.717, 1.165) is 16.9 Å². The number of carbonyl (C=O) groups excluding carboxylic acids is 1. The molecule has 0 unspecified atom stereocenters. The fraction of sp³-hybridized carbons (Fsp3) is 0.0833. The lowest BCUT2D eigenvalue weighted by Crippen LogP contribution is -2.18. The number of hydrogen-bond acceptors (Lipinski definition) is 4. The molecule has 7 heteroatoms. The molecule has 0 saturated heterocycles. The quantitative estimate of drug-likeness (QED) is 0.757. The Morgan fingerprint density at radius 1 is 1.32 bits per heavy atom. The average Bonchev–Trinajstić information content (AvgIpc) is 2.76. The molecule has 0 fully saturated rings. The summed E-state index contributed by atoms with van der Waals surface area (Å²) in [4.78, 5) is 15.3. The molecule has 0 radical (unpaired) electrons. The second-order valence-electron chi connectivity index (χ2n) is 3.79. The van der Waals surface area contributed by atoms with E-state index < -0.39 is 0 Å². The highest BCUT2D eigenvalue weighted by Crippen LogP contribution is 2.25. The van der Waals surface area contributed by atoms with E-state index in [-0.39, 0.29) is 11.0 Å². The Labute approximate surface area is 119 Å². The number of thiocarbonyl (C=S) groups is 1. The Hall–Kier alpha value is -1.99. The fourth-order valence-corrected chi connectivity index (χ4v) is 2.39. The van der Waals surface area contributed by atoms with Crippen molar-refractivity contribution in [2.45, 2.75) is 6.92 Å². The SMILES string of the molecule is CC(=O)Nc1ccc(-c2csc(NC(N)=S)n2)cc1. The van der Waals surface area contributed by atoms with Crippen LogP contribution in [-0.4, -0.2) is 16.0 Å². The third-order valence-corrected chi connectivity index (χ3v) is 3.10. The summed E-state index contributed by atoms with van der Waals surface area (Å²) in [5.41, 5.74) is 7.93. The highest BCUT2D eigenvalue weighted by Gasteiger charge is 2.05. The summed E-state index contributed by atoms with van der Waals surface area (Å²) in [5.74, 6) is -0.0932. The van der Waals surface area contributed by atoms with Crippen LogP contribution in [0.5, 0.6) is 0 Å². The predicted octanol–water partition coefficient (Wildman–Crippen LogP) is 2.42. The summed E-state index contributed by atoms with van der Waals surface area (Å²) >= 11 is 6.18. The van der Waals surface area contributed by atoms with Gasteiger partial charge in [0.15, 0.2) is 10.2 Å². The molecule has 1 heterocycles. The molecule has 0 aliphatic rings. The van der Waals surface area contributed by atoms with Gasteiger partial charge in [-0.05, 0) is 24.4 Å². The van der Waals surface area contributed by atoms with Crippen LogP contribution in [0.25, 0.3) is 11.3 Å². The molecule has 5 nitrogen and oxygen atoms in total. The fourth-order valence-electron chi connectivity index (χ4n) is 1.50. The van der Waals surface area contributed by atoms with E-state index in [2.05, 4.69) is 15.6 Å². The molecule has 1 aromatic heterocycles. The third kappa shape index (κ3) is 3.73. The summed E-state index contributed by atoms with van der Waals surface area (Å²) in [6, 6.07) is 7.45. The van der Waals surface area contributed by atoms with E-state index in [1.807, 2.05) is 29.6 Å². The summed E-state index contributed by atoms with van der Waals surface area (Å²) in [6.45, 7) is 1.47. The van der Waals surface area contributed by atoms with Crippen LogP contribution >= 0.6 is 23.6 Å². The minimum absolute atomic E-state index is 0.0932. The molecule has 98 valence electrons. The number of nitrogens with two attached hydrogens (primary N) is 1. The Balaban J connectivity index is 2.15. The van der Waals surface area contributed by atoms with Gasteiger partial charge in [-0.15, -0.1) is 11.3 Å². The second kappa shape index (κ2) is 5.77. The van der Waals surface area contributed by atoms with Gasteiger partial charge >= 0.3 is 0 Å². The number of hydrogen-bond donors (Lipinski definition) is 3. The topological polar surface area (TPSA) is 80.0 Å². The van der Waals surface area contributed by atoms with Gasteiger partial charge in [-0.2, -0.15) is 0 Å². The summed E-state index contributed by atoms with van der Waals surface area (Å²) in [5, 5.41) is 8.27. The first kappa shape index (κ1) is 13.4. The first-order valence-corrected chi connectivity index (χ1v) is 6.73. The molecule has 19 heavy (non-hydrogen) atoms. The van der Waals surface area contributed by atoms with Gasteiger partial charge in [-0.25, -0.2) is 4.98 Å². The number of rotatable bonds is 3. The Morgan fingerprint density at radius 3 is 2.58 bits per heavy atom. The van der Waals surface area contributed by atoms with Crippen molar-refractivity contribution in [2.75, 3.05) is 10.6 Å². The lowest BCUT2D eigenvalue weighted by molar-refractivity contribution is -0.114. The van der Waals surface area contributed by atoms with Crippen molar-refractivity contribution in [1.82, 2.24) is 4.98 Å². The first-order chi connectivity index (χ1) is 9.04. The van der Waals surface area contributed by atoms with Crippen LogP contribution in [-0.2, 0) is 4.79 Å². The molecule has 0 atom stereocenters. The van der Waals surface area contributed by atoms with Crippen molar-refractivity contribution in [3.05, 3.63) is 29.6 Å². The standard InChI is InChI=1S/C12H12N4OS2/c1-7(17)14-9-4-2-8(3-5-9)10-6-19-12(15-10)16-11(13)18/h2-6H,1H3,(H,14,17)(H3,13,15,16,18). The average molecular weight is 292 g/mol. The number of thiazole rings is 1. The molecule has 1 amide bonds.